The number of para-hydroxylation sites is 1. The molecule has 0 spiro atoms. The predicted molar refractivity (Wildman–Crippen MR) is 86.7 cm³/mol. The van der Waals surface area contributed by atoms with Gasteiger partial charge in [-0.05, 0) is 44.0 Å². The zero-order chi connectivity index (χ0) is 16.3. The first-order chi connectivity index (χ1) is 10.3. The first-order valence-corrected chi connectivity index (χ1v) is 8.91. The molecule has 5 heteroatoms. The van der Waals surface area contributed by atoms with Crippen LogP contribution in [0.15, 0.2) is 42.5 Å². The molecule has 2 aromatic rings. The van der Waals surface area contributed by atoms with E-state index in [4.69, 9.17) is 9.05 Å². The largest absolute Gasteiger partial charge is 0.430 e. The van der Waals surface area contributed by atoms with Crippen molar-refractivity contribution in [2.75, 3.05) is 6.66 Å². The molecule has 0 radical (unpaired) electrons. The second-order valence-electron chi connectivity index (χ2n) is 5.33. The van der Waals surface area contributed by atoms with Gasteiger partial charge in [0.05, 0.1) is 12.2 Å². The minimum absolute atomic E-state index is 0.401. The van der Waals surface area contributed by atoms with Gasteiger partial charge in [-0.25, -0.2) is 9.36 Å². The van der Waals surface area contributed by atoms with Crippen molar-refractivity contribution >= 4 is 13.6 Å². The second-order valence-corrected chi connectivity index (χ2v) is 7.24. The van der Waals surface area contributed by atoms with Crippen LogP contribution in [0.5, 0.6) is 5.75 Å². The molecule has 0 fully saturated rings. The van der Waals surface area contributed by atoms with E-state index in [0.717, 1.165) is 16.7 Å². The van der Waals surface area contributed by atoms with Crippen LogP contribution in [0.1, 0.15) is 27.0 Å². The van der Waals surface area contributed by atoms with Crippen molar-refractivity contribution in [3.8, 4) is 5.75 Å². The van der Waals surface area contributed by atoms with E-state index in [1.807, 2.05) is 39.0 Å². The summed E-state index contributed by atoms with van der Waals surface area (Å²) < 4.78 is 22.8. The summed E-state index contributed by atoms with van der Waals surface area (Å²) >= 11 is 0. The van der Waals surface area contributed by atoms with Crippen LogP contribution in [0.3, 0.4) is 0 Å². The molecule has 1 atom stereocenters. The van der Waals surface area contributed by atoms with E-state index in [0.29, 0.717) is 11.3 Å². The maximum atomic E-state index is 12.4. The summed E-state index contributed by atoms with van der Waals surface area (Å²) in [7, 11) is -3.54. The third-order valence-electron chi connectivity index (χ3n) is 3.14. The Morgan fingerprint density at radius 2 is 1.55 bits per heavy atom. The predicted octanol–water partition coefficient (Wildman–Crippen LogP) is 4.67. The summed E-state index contributed by atoms with van der Waals surface area (Å²) in [5, 5.41) is 0. The third-order valence-corrected chi connectivity index (χ3v) is 4.18. The summed E-state index contributed by atoms with van der Waals surface area (Å²) in [5.41, 5.74) is 3.08. The van der Waals surface area contributed by atoms with E-state index in [-0.39, 0.29) is 0 Å². The molecule has 0 aromatic heterocycles. The van der Waals surface area contributed by atoms with Gasteiger partial charge in [0.1, 0.15) is 5.75 Å². The maximum Gasteiger partial charge on any atom is 0.430 e. The van der Waals surface area contributed by atoms with Crippen LogP contribution >= 0.6 is 7.60 Å². The van der Waals surface area contributed by atoms with Crippen LogP contribution in [0.4, 0.5) is 0 Å². The Labute approximate surface area is 130 Å². The smallest absolute Gasteiger partial charge is 0.416 e. The molecule has 0 aliphatic heterocycles. The fourth-order valence-electron chi connectivity index (χ4n) is 2.39. The Morgan fingerprint density at radius 1 is 1.00 bits per heavy atom. The van der Waals surface area contributed by atoms with E-state index in [9.17, 15) is 9.36 Å². The van der Waals surface area contributed by atoms with Crippen LogP contribution in [-0.2, 0) is 9.09 Å². The Bertz CT molecular complexity index is 715. The van der Waals surface area contributed by atoms with Gasteiger partial charge >= 0.3 is 13.6 Å². The summed E-state index contributed by atoms with van der Waals surface area (Å²) in [6.07, 6.45) is 0. The molecule has 22 heavy (non-hydrogen) atoms. The van der Waals surface area contributed by atoms with Crippen molar-refractivity contribution < 1.29 is 18.4 Å². The van der Waals surface area contributed by atoms with Gasteiger partial charge in [0, 0.05) is 0 Å². The van der Waals surface area contributed by atoms with Gasteiger partial charge in [-0.1, -0.05) is 35.9 Å². The Hall–Kier alpha value is -2.06. The number of hydrogen-bond acceptors (Lipinski definition) is 4. The van der Waals surface area contributed by atoms with Gasteiger partial charge in [-0.15, -0.1) is 0 Å². The lowest BCUT2D eigenvalue weighted by Gasteiger charge is -2.17. The molecule has 116 valence electrons. The second kappa shape index (κ2) is 6.37. The maximum absolute atomic E-state index is 12.4. The van der Waals surface area contributed by atoms with Crippen molar-refractivity contribution in [3.63, 3.8) is 0 Å². The van der Waals surface area contributed by atoms with E-state index in [1.54, 1.807) is 24.3 Å². The summed E-state index contributed by atoms with van der Waals surface area (Å²) in [6, 6.07) is 12.4. The molecule has 0 amide bonds. The molecule has 0 saturated carbocycles. The minimum atomic E-state index is -3.54. The highest BCUT2D eigenvalue weighted by molar-refractivity contribution is 7.54. The zero-order valence-electron chi connectivity index (χ0n) is 13.1. The number of benzene rings is 2. The van der Waals surface area contributed by atoms with Crippen LogP contribution in [0.2, 0.25) is 0 Å². The third kappa shape index (κ3) is 3.99. The highest BCUT2D eigenvalue weighted by Crippen LogP contribution is 2.45. The summed E-state index contributed by atoms with van der Waals surface area (Å²) in [4.78, 5) is 12.3. The summed E-state index contributed by atoms with van der Waals surface area (Å²) in [6.45, 7) is 6.90. The first kappa shape index (κ1) is 16.3. The van der Waals surface area contributed by atoms with Crippen LogP contribution < -0.4 is 4.52 Å². The lowest BCUT2D eigenvalue weighted by molar-refractivity contribution is 0.0721. The molecule has 2 rings (SSSR count). The molecule has 2 aromatic carbocycles. The number of carbonyl (C=O) groups is 1. The van der Waals surface area contributed by atoms with Crippen molar-refractivity contribution in [2.45, 2.75) is 20.8 Å². The fourth-order valence-corrected chi connectivity index (χ4v) is 3.32. The van der Waals surface area contributed by atoms with Gasteiger partial charge < -0.3 is 9.05 Å². The van der Waals surface area contributed by atoms with Crippen molar-refractivity contribution in [2.24, 2.45) is 0 Å². The monoisotopic (exact) mass is 318 g/mol. The van der Waals surface area contributed by atoms with Gasteiger partial charge in [0.2, 0.25) is 0 Å². The molecular formula is C17H19O4P. The lowest BCUT2D eigenvalue weighted by Crippen LogP contribution is -2.10. The van der Waals surface area contributed by atoms with Gasteiger partial charge in [-0.2, -0.15) is 0 Å². The van der Waals surface area contributed by atoms with E-state index in [1.165, 1.54) is 6.66 Å². The number of rotatable bonds is 4. The average Bonchev–Trinajstić information content (AvgIpc) is 2.36. The van der Waals surface area contributed by atoms with Gasteiger partial charge in [0.15, 0.2) is 0 Å². The standard InChI is InChI=1S/C17H19O4P/c1-12-10-13(2)16(14(3)11-12)17(18)21-22(4,19)20-15-8-6-5-7-9-15/h5-11H,1-4H3. The Balaban J connectivity index is 2.19. The van der Waals surface area contributed by atoms with E-state index >= 15 is 0 Å². The van der Waals surface area contributed by atoms with Crippen molar-refractivity contribution in [3.05, 3.63) is 64.7 Å². The minimum Gasteiger partial charge on any atom is -0.416 e. The van der Waals surface area contributed by atoms with Gasteiger partial charge in [0.25, 0.3) is 0 Å². The SMILES string of the molecule is Cc1cc(C)c(C(=O)OP(C)(=O)Oc2ccccc2)c(C)c1. The molecule has 0 aliphatic carbocycles. The molecule has 0 bridgehead atoms. The summed E-state index contributed by atoms with van der Waals surface area (Å²) in [5.74, 6) is -0.227. The molecule has 0 N–H and O–H groups in total. The number of carbonyl (C=O) groups excluding carboxylic acids is 1. The first-order valence-electron chi connectivity index (χ1n) is 6.92. The topological polar surface area (TPSA) is 52.6 Å². The highest BCUT2D eigenvalue weighted by Gasteiger charge is 2.26. The lowest BCUT2D eigenvalue weighted by atomic mass is 10.0. The van der Waals surface area contributed by atoms with E-state index < -0.39 is 13.6 Å². The molecular weight excluding hydrogens is 299 g/mol. The molecule has 0 saturated heterocycles. The normalized spacial score (nSPS) is 13.3. The Morgan fingerprint density at radius 3 is 2.09 bits per heavy atom. The van der Waals surface area contributed by atoms with Crippen molar-refractivity contribution in [1.82, 2.24) is 0 Å². The molecule has 1 unspecified atom stereocenters. The molecule has 4 nitrogen and oxygen atoms in total. The average molecular weight is 318 g/mol. The zero-order valence-corrected chi connectivity index (χ0v) is 14.0. The van der Waals surface area contributed by atoms with Crippen LogP contribution in [0.25, 0.3) is 0 Å². The van der Waals surface area contributed by atoms with Crippen molar-refractivity contribution in [1.29, 1.82) is 0 Å². The molecule has 0 aliphatic rings. The van der Waals surface area contributed by atoms with Crippen LogP contribution in [0, 0.1) is 20.8 Å². The fraction of sp³-hybridized carbons (Fsp3) is 0.235. The van der Waals surface area contributed by atoms with E-state index in [2.05, 4.69) is 0 Å². The number of aryl methyl sites for hydroxylation is 3. The van der Waals surface area contributed by atoms with Gasteiger partial charge in [-0.3, -0.25) is 0 Å². The van der Waals surface area contributed by atoms with Crippen LogP contribution in [-0.4, -0.2) is 12.6 Å². The quantitative estimate of drug-likeness (QED) is 0.769. The number of hydrogen-bond donors (Lipinski definition) is 0. The Kier molecular flexibility index (Phi) is 4.72. The highest BCUT2D eigenvalue weighted by atomic mass is 31.2. The molecule has 0 heterocycles.